The van der Waals surface area contributed by atoms with Gasteiger partial charge in [-0.3, -0.25) is 4.79 Å². The smallest absolute Gasteiger partial charge is 0.248 e. The van der Waals surface area contributed by atoms with E-state index in [1.165, 1.54) is 6.07 Å². The number of benzene rings is 1. The van der Waals surface area contributed by atoms with E-state index in [-0.39, 0.29) is 11.8 Å². The maximum atomic E-state index is 11.2. The molecule has 0 unspecified atom stereocenters. The maximum Gasteiger partial charge on any atom is 0.248 e. The number of pyridine rings is 1. The molecule has 0 saturated carbocycles. The zero-order valence-corrected chi connectivity index (χ0v) is 9.31. The molecule has 1 N–H and O–H groups in total. The topological polar surface area (TPSA) is 51.3 Å². The van der Waals surface area contributed by atoms with Gasteiger partial charge < -0.3 is 14.5 Å². The fraction of sp³-hybridized carbons (Fsp3) is 0.308. The van der Waals surface area contributed by atoms with E-state index in [0.29, 0.717) is 0 Å². The van der Waals surface area contributed by atoms with Crippen LogP contribution in [0, 0.1) is 0 Å². The van der Waals surface area contributed by atoms with Crippen molar-refractivity contribution in [3.8, 4) is 0 Å². The highest BCUT2D eigenvalue weighted by Gasteiger charge is 2.16. The molecule has 1 saturated heterocycles. The molecule has 4 heteroatoms. The van der Waals surface area contributed by atoms with E-state index in [9.17, 15) is 4.79 Å². The van der Waals surface area contributed by atoms with Crippen LogP contribution in [-0.4, -0.2) is 18.2 Å². The Labute approximate surface area is 98.2 Å². The highest BCUT2D eigenvalue weighted by Crippen LogP contribution is 2.25. The van der Waals surface area contributed by atoms with Crippen LogP contribution in [0.4, 0.5) is 0 Å². The van der Waals surface area contributed by atoms with Crippen LogP contribution in [0.3, 0.4) is 0 Å². The third kappa shape index (κ3) is 2.09. The average Bonchev–Trinajstić information content (AvgIpc) is 2.39. The molecule has 2 heterocycles. The fourth-order valence-electron chi connectivity index (χ4n) is 2.00. The summed E-state index contributed by atoms with van der Waals surface area (Å²) in [5, 5.41) is 0.986. The van der Waals surface area contributed by atoms with Crippen LogP contribution in [0.2, 0.25) is 0 Å². The highest BCUT2D eigenvalue weighted by molar-refractivity contribution is 5.78. The molecular formula is C13H13NO3. The van der Waals surface area contributed by atoms with Crippen molar-refractivity contribution in [2.45, 2.75) is 12.7 Å². The first kappa shape index (κ1) is 10.5. The molecule has 88 valence electrons. The second-order valence-corrected chi connectivity index (χ2v) is 4.10. The van der Waals surface area contributed by atoms with Crippen molar-refractivity contribution in [3.05, 3.63) is 46.2 Å². The molecule has 1 aliphatic heterocycles. The summed E-state index contributed by atoms with van der Waals surface area (Å²) in [7, 11) is 0. The van der Waals surface area contributed by atoms with Gasteiger partial charge in [-0.2, -0.15) is 0 Å². The third-order valence-corrected chi connectivity index (χ3v) is 2.85. The van der Waals surface area contributed by atoms with Crippen molar-refractivity contribution >= 4 is 10.9 Å². The summed E-state index contributed by atoms with van der Waals surface area (Å²) in [6.07, 6.45) is 0.664. The van der Waals surface area contributed by atoms with Gasteiger partial charge in [-0.05, 0) is 30.0 Å². The minimum Gasteiger partial charge on any atom is -0.348 e. The Kier molecular flexibility index (Phi) is 2.66. The number of hydrogen-bond acceptors (Lipinski definition) is 3. The van der Waals surface area contributed by atoms with E-state index in [0.717, 1.165) is 36.1 Å². The van der Waals surface area contributed by atoms with E-state index >= 15 is 0 Å². The summed E-state index contributed by atoms with van der Waals surface area (Å²) < 4.78 is 11.1. The lowest BCUT2D eigenvalue weighted by molar-refractivity contribution is -0.182. The molecule has 0 radical (unpaired) electrons. The lowest BCUT2D eigenvalue weighted by Crippen LogP contribution is -2.17. The number of aromatic nitrogens is 1. The standard InChI is InChI=1S/C13H13NO3/c15-12-5-3-9-8-10(2-4-11(9)14-12)13-16-6-1-7-17-13/h2-5,8,13H,1,6-7H2,(H,14,15). The predicted octanol–water partition coefficient (Wildman–Crippen LogP) is 1.96. The lowest BCUT2D eigenvalue weighted by atomic mass is 10.1. The summed E-state index contributed by atoms with van der Waals surface area (Å²) in [6, 6.07) is 9.12. The largest absolute Gasteiger partial charge is 0.348 e. The van der Waals surface area contributed by atoms with Gasteiger partial charge in [-0.1, -0.05) is 6.07 Å². The number of aromatic amines is 1. The number of fused-ring (bicyclic) bond motifs is 1. The molecule has 2 aromatic rings. The number of ether oxygens (including phenoxy) is 2. The van der Waals surface area contributed by atoms with E-state index in [1.807, 2.05) is 18.2 Å². The average molecular weight is 231 g/mol. The first-order valence-electron chi connectivity index (χ1n) is 5.69. The number of H-pyrrole nitrogens is 1. The Morgan fingerprint density at radius 2 is 1.94 bits per heavy atom. The van der Waals surface area contributed by atoms with Crippen molar-refractivity contribution in [2.75, 3.05) is 13.2 Å². The SMILES string of the molecule is O=c1ccc2cc(C3OCCCO3)ccc2[nH]1. The molecule has 0 atom stereocenters. The van der Waals surface area contributed by atoms with Crippen LogP contribution >= 0.6 is 0 Å². The van der Waals surface area contributed by atoms with Crippen LogP contribution < -0.4 is 5.56 Å². The Morgan fingerprint density at radius 3 is 2.76 bits per heavy atom. The fourth-order valence-corrected chi connectivity index (χ4v) is 2.00. The normalized spacial score (nSPS) is 17.4. The second kappa shape index (κ2) is 4.31. The number of nitrogens with one attached hydrogen (secondary N) is 1. The van der Waals surface area contributed by atoms with Crippen molar-refractivity contribution in [3.63, 3.8) is 0 Å². The third-order valence-electron chi connectivity index (χ3n) is 2.85. The van der Waals surface area contributed by atoms with Crippen LogP contribution in [0.15, 0.2) is 35.1 Å². The van der Waals surface area contributed by atoms with Gasteiger partial charge in [0.15, 0.2) is 6.29 Å². The number of rotatable bonds is 1. The number of hydrogen-bond donors (Lipinski definition) is 1. The monoisotopic (exact) mass is 231 g/mol. The maximum absolute atomic E-state index is 11.2. The van der Waals surface area contributed by atoms with E-state index in [2.05, 4.69) is 4.98 Å². The molecule has 1 aromatic carbocycles. The Hall–Kier alpha value is -1.65. The van der Waals surface area contributed by atoms with Gasteiger partial charge in [0, 0.05) is 17.1 Å². The summed E-state index contributed by atoms with van der Waals surface area (Å²) in [6.45, 7) is 1.46. The van der Waals surface area contributed by atoms with Crippen LogP contribution in [0.25, 0.3) is 10.9 Å². The predicted molar refractivity (Wildman–Crippen MR) is 63.8 cm³/mol. The molecule has 0 amide bonds. The van der Waals surface area contributed by atoms with Crippen molar-refractivity contribution in [1.82, 2.24) is 4.98 Å². The molecule has 0 spiro atoms. The van der Waals surface area contributed by atoms with Gasteiger partial charge in [0.05, 0.1) is 13.2 Å². The van der Waals surface area contributed by atoms with Gasteiger partial charge in [0.1, 0.15) is 0 Å². The molecule has 0 aliphatic carbocycles. The lowest BCUT2D eigenvalue weighted by Gasteiger charge is -2.23. The van der Waals surface area contributed by atoms with Gasteiger partial charge in [0.25, 0.3) is 0 Å². The summed E-state index contributed by atoms with van der Waals surface area (Å²) in [5.41, 5.74) is 1.73. The zero-order valence-electron chi connectivity index (χ0n) is 9.31. The minimum absolute atomic E-state index is 0.0876. The molecule has 17 heavy (non-hydrogen) atoms. The van der Waals surface area contributed by atoms with Crippen molar-refractivity contribution in [1.29, 1.82) is 0 Å². The first-order valence-corrected chi connectivity index (χ1v) is 5.69. The molecule has 1 fully saturated rings. The van der Waals surface area contributed by atoms with E-state index in [4.69, 9.17) is 9.47 Å². The Balaban J connectivity index is 2.01. The van der Waals surface area contributed by atoms with Crippen LogP contribution in [0.1, 0.15) is 18.3 Å². The van der Waals surface area contributed by atoms with E-state index < -0.39 is 0 Å². The second-order valence-electron chi connectivity index (χ2n) is 4.10. The van der Waals surface area contributed by atoms with Gasteiger partial charge in [0.2, 0.25) is 5.56 Å². The summed E-state index contributed by atoms with van der Waals surface area (Å²) in [4.78, 5) is 13.9. The minimum atomic E-state index is -0.278. The van der Waals surface area contributed by atoms with E-state index in [1.54, 1.807) is 6.07 Å². The highest BCUT2D eigenvalue weighted by atomic mass is 16.7. The van der Waals surface area contributed by atoms with Gasteiger partial charge in [-0.25, -0.2) is 0 Å². The molecule has 1 aliphatic rings. The Morgan fingerprint density at radius 1 is 1.12 bits per heavy atom. The van der Waals surface area contributed by atoms with Crippen LogP contribution in [0.5, 0.6) is 0 Å². The summed E-state index contributed by atoms with van der Waals surface area (Å²) >= 11 is 0. The molecular weight excluding hydrogens is 218 g/mol. The molecule has 4 nitrogen and oxygen atoms in total. The molecule has 3 rings (SSSR count). The zero-order chi connectivity index (χ0) is 11.7. The van der Waals surface area contributed by atoms with Crippen molar-refractivity contribution < 1.29 is 9.47 Å². The summed E-state index contributed by atoms with van der Waals surface area (Å²) in [5.74, 6) is 0. The van der Waals surface area contributed by atoms with Gasteiger partial charge in [-0.15, -0.1) is 0 Å². The first-order chi connectivity index (χ1) is 8.33. The molecule has 1 aromatic heterocycles. The molecule has 0 bridgehead atoms. The quantitative estimate of drug-likeness (QED) is 0.816. The van der Waals surface area contributed by atoms with Crippen molar-refractivity contribution in [2.24, 2.45) is 0 Å². The van der Waals surface area contributed by atoms with Crippen LogP contribution in [-0.2, 0) is 9.47 Å². The van der Waals surface area contributed by atoms with Gasteiger partial charge >= 0.3 is 0 Å². The Bertz CT molecular complexity index is 584.